The Morgan fingerprint density at radius 1 is 0.944 bits per heavy atom. The summed E-state index contributed by atoms with van der Waals surface area (Å²) < 4.78 is 9.32. The lowest BCUT2D eigenvalue weighted by Gasteiger charge is -2.04. The molecule has 0 atom stereocenters. The Hall–Kier alpha value is -4.44. The molecule has 1 N–H and O–H groups in total. The molecule has 0 aliphatic carbocycles. The molecule has 1 amide bonds. The molecule has 178 valence electrons. The van der Waals surface area contributed by atoms with Crippen LogP contribution in [0.2, 0.25) is 0 Å². The molecular weight excluding hydrogens is 474 g/mol. The first kappa shape index (κ1) is 22.1. The third-order valence-corrected chi connectivity index (χ3v) is 6.70. The Kier molecular flexibility index (Phi) is 5.70. The second-order valence-electron chi connectivity index (χ2n) is 8.30. The summed E-state index contributed by atoms with van der Waals surface area (Å²) in [4.78, 5) is 16.9. The molecule has 0 bridgehead atoms. The van der Waals surface area contributed by atoms with Crippen LogP contribution < -0.4 is 5.32 Å². The number of aryl methyl sites for hydroxylation is 1. The van der Waals surface area contributed by atoms with Crippen LogP contribution >= 0.6 is 11.8 Å². The predicted molar refractivity (Wildman–Crippen MR) is 138 cm³/mol. The van der Waals surface area contributed by atoms with Gasteiger partial charge in [0.1, 0.15) is 0 Å². The van der Waals surface area contributed by atoms with Gasteiger partial charge in [0.15, 0.2) is 5.16 Å². The van der Waals surface area contributed by atoms with Gasteiger partial charge in [0.25, 0.3) is 0 Å². The highest BCUT2D eigenvalue weighted by atomic mass is 32.2. The second-order valence-corrected chi connectivity index (χ2v) is 9.25. The first-order valence-corrected chi connectivity index (χ1v) is 12.3. The first-order valence-electron chi connectivity index (χ1n) is 11.4. The average molecular weight is 496 g/mol. The molecule has 0 aliphatic heterocycles. The molecule has 3 aromatic heterocycles. The van der Waals surface area contributed by atoms with Gasteiger partial charge in [-0.1, -0.05) is 89.2 Å². The number of nitrogens with zero attached hydrogens (tertiary/aromatic N) is 6. The number of benzene rings is 3. The number of carbonyl (C=O) groups excluding carboxylic acids is 1. The van der Waals surface area contributed by atoms with Crippen molar-refractivity contribution in [1.82, 2.24) is 29.3 Å². The van der Waals surface area contributed by atoms with Crippen LogP contribution in [-0.4, -0.2) is 41.0 Å². The van der Waals surface area contributed by atoms with Gasteiger partial charge in [0.05, 0.1) is 23.3 Å². The van der Waals surface area contributed by atoms with Crippen molar-refractivity contribution in [3.05, 3.63) is 90.0 Å². The van der Waals surface area contributed by atoms with Crippen molar-refractivity contribution < 1.29 is 9.32 Å². The van der Waals surface area contributed by atoms with E-state index in [0.29, 0.717) is 17.5 Å². The second kappa shape index (κ2) is 9.31. The van der Waals surface area contributed by atoms with Crippen LogP contribution in [-0.2, 0) is 11.3 Å². The lowest BCUT2D eigenvalue weighted by molar-refractivity contribution is -0.114. The van der Waals surface area contributed by atoms with Crippen molar-refractivity contribution in [3.8, 4) is 11.4 Å². The highest BCUT2D eigenvalue weighted by Crippen LogP contribution is 2.27. The van der Waals surface area contributed by atoms with Gasteiger partial charge in [-0.25, -0.2) is 0 Å². The number of amides is 1. The summed E-state index contributed by atoms with van der Waals surface area (Å²) in [5.41, 5.74) is 5.15. The fourth-order valence-corrected chi connectivity index (χ4v) is 4.77. The molecule has 3 heterocycles. The number of aromatic nitrogens is 6. The van der Waals surface area contributed by atoms with Gasteiger partial charge in [-0.3, -0.25) is 14.5 Å². The average Bonchev–Trinajstić information content (AvgIpc) is 3.61. The van der Waals surface area contributed by atoms with E-state index < -0.39 is 0 Å². The van der Waals surface area contributed by atoms with Crippen molar-refractivity contribution in [2.24, 2.45) is 0 Å². The summed E-state index contributed by atoms with van der Waals surface area (Å²) in [5.74, 6) is 0.983. The van der Waals surface area contributed by atoms with Gasteiger partial charge in [0, 0.05) is 5.56 Å². The number of hydrogen-bond donors (Lipinski definition) is 1. The quantitative estimate of drug-likeness (QED) is 0.317. The van der Waals surface area contributed by atoms with E-state index in [2.05, 4.69) is 48.4 Å². The van der Waals surface area contributed by atoms with Gasteiger partial charge < -0.3 is 9.09 Å². The summed E-state index contributed by atoms with van der Waals surface area (Å²) in [6, 6.07) is 26.1. The van der Waals surface area contributed by atoms with Crippen molar-refractivity contribution in [2.75, 3.05) is 11.1 Å². The number of nitrogens with one attached hydrogen (secondary N) is 1. The number of carbonyl (C=O) groups is 1. The van der Waals surface area contributed by atoms with E-state index in [1.165, 1.54) is 17.3 Å². The van der Waals surface area contributed by atoms with Crippen LogP contribution in [0.15, 0.2) is 88.5 Å². The van der Waals surface area contributed by atoms with Gasteiger partial charge >= 0.3 is 6.01 Å². The molecule has 9 nitrogen and oxygen atoms in total. The fraction of sp³-hybridized carbons (Fsp3) is 0.115. The van der Waals surface area contributed by atoms with E-state index in [1.54, 1.807) is 0 Å². The summed E-state index contributed by atoms with van der Waals surface area (Å²) in [6.07, 6.45) is 0. The number of hydrogen-bond acceptors (Lipinski definition) is 7. The number of fused-ring (bicyclic) bond motifs is 3. The summed E-state index contributed by atoms with van der Waals surface area (Å²) in [5, 5.41) is 16.1. The fourth-order valence-electron chi connectivity index (χ4n) is 4.03. The molecule has 3 aromatic carbocycles. The molecular formula is C26H21N7O2S. The van der Waals surface area contributed by atoms with Crippen molar-refractivity contribution in [2.45, 2.75) is 18.6 Å². The summed E-state index contributed by atoms with van der Waals surface area (Å²) in [7, 11) is 0. The van der Waals surface area contributed by atoms with E-state index in [0.717, 1.165) is 27.9 Å². The molecule has 0 radical (unpaired) electrons. The Morgan fingerprint density at radius 3 is 2.50 bits per heavy atom. The highest BCUT2D eigenvalue weighted by molar-refractivity contribution is 7.99. The molecule has 10 heteroatoms. The normalized spacial score (nSPS) is 11.4. The van der Waals surface area contributed by atoms with Crippen molar-refractivity contribution in [3.63, 3.8) is 0 Å². The SMILES string of the molecule is Cc1ccc(-c2noc(NC(=O)CSc3nnc4n(Cc5ccccc5)c5ccccc5n34)n2)cc1. The Labute approximate surface area is 210 Å². The van der Waals surface area contributed by atoms with Crippen LogP contribution in [0, 0.1) is 6.92 Å². The zero-order chi connectivity index (χ0) is 24.5. The van der Waals surface area contributed by atoms with E-state index in [1.807, 2.05) is 72.0 Å². The van der Waals surface area contributed by atoms with E-state index in [9.17, 15) is 4.79 Å². The molecule has 0 aliphatic rings. The summed E-state index contributed by atoms with van der Waals surface area (Å²) in [6.45, 7) is 2.68. The molecule has 0 fully saturated rings. The van der Waals surface area contributed by atoms with Gasteiger partial charge in [-0.2, -0.15) is 4.98 Å². The zero-order valence-corrected chi connectivity index (χ0v) is 20.1. The minimum atomic E-state index is -0.274. The molecule has 6 aromatic rings. The smallest absolute Gasteiger partial charge is 0.315 e. The molecule has 0 saturated heterocycles. The minimum absolute atomic E-state index is 0.0574. The number of rotatable bonds is 7. The predicted octanol–water partition coefficient (Wildman–Crippen LogP) is 4.82. The Balaban J connectivity index is 1.20. The van der Waals surface area contributed by atoms with Crippen molar-refractivity contribution in [1.29, 1.82) is 0 Å². The summed E-state index contributed by atoms with van der Waals surface area (Å²) >= 11 is 1.30. The van der Waals surface area contributed by atoms with Crippen LogP contribution in [0.3, 0.4) is 0 Å². The number of imidazole rings is 1. The minimum Gasteiger partial charge on any atom is -0.315 e. The first-order chi connectivity index (χ1) is 17.7. The molecule has 0 unspecified atom stereocenters. The Bertz CT molecular complexity index is 1670. The van der Waals surface area contributed by atoms with E-state index in [4.69, 9.17) is 4.52 Å². The largest absolute Gasteiger partial charge is 0.328 e. The topological polar surface area (TPSA) is 103 Å². The molecule has 6 rings (SSSR count). The van der Waals surface area contributed by atoms with Gasteiger partial charge in [-0.15, -0.1) is 10.2 Å². The maximum atomic E-state index is 12.6. The molecule has 0 saturated carbocycles. The van der Waals surface area contributed by atoms with Gasteiger partial charge in [-0.05, 0) is 24.6 Å². The van der Waals surface area contributed by atoms with Crippen LogP contribution in [0.5, 0.6) is 0 Å². The third-order valence-electron chi connectivity index (χ3n) is 5.77. The third kappa shape index (κ3) is 4.22. The Morgan fingerprint density at radius 2 is 1.69 bits per heavy atom. The van der Waals surface area contributed by atoms with Gasteiger partial charge in [0.2, 0.25) is 17.5 Å². The lowest BCUT2D eigenvalue weighted by Crippen LogP contribution is -2.14. The standard InChI is InChI=1S/C26H21N7O2S/c1-17-11-13-19(14-12-17)23-28-24(35-31-23)27-22(34)16-36-26-30-29-25-32(15-18-7-3-2-4-8-18)20-9-5-6-10-21(20)33(25)26/h2-14H,15-16H2,1H3,(H,27,28,31,34). The zero-order valence-electron chi connectivity index (χ0n) is 19.3. The van der Waals surface area contributed by atoms with Crippen LogP contribution in [0.4, 0.5) is 6.01 Å². The van der Waals surface area contributed by atoms with Crippen molar-refractivity contribution >= 4 is 40.5 Å². The molecule has 36 heavy (non-hydrogen) atoms. The van der Waals surface area contributed by atoms with Crippen LogP contribution in [0.1, 0.15) is 11.1 Å². The van der Waals surface area contributed by atoms with E-state index in [-0.39, 0.29) is 17.7 Å². The van der Waals surface area contributed by atoms with Crippen LogP contribution in [0.25, 0.3) is 28.2 Å². The number of anilines is 1. The van der Waals surface area contributed by atoms with E-state index >= 15 is 0 Å². The number of thioether (sulfide) groups is 1. The maximum Gasteiger partial charge on any atom is 0.328 e. The maximum absolute atomic E-state index is 12.6. The monoisotopic (exact) mass is 495 g/mol. The highest BCUT2D eigenvalue weighted by Gasteiger charge is 2.19. The number of para-hydroxylation sites is 2. The molecule has 0 spiro atoms. The lowest BCUT2D eigenvalue weighted by atomic mass is 10.1.